The topological polar surface area (TPSA) is 0 Å². The predicted molar refractivity (Wildman–Crippen MR) is 191 cm³/mol. The van der Waals surface area contributed by atoms with Crippen molar-refractivity contribution in [1.29, 1.82) is 0 Å². The Labute approximate surface area is 305 Å². The van der Waals surface area contributed by atoms with Gasteiger partial charge in [0.25, 0.3) is 0 Å². The molecule has 5 aromatic rings. The van der Waals surface area contributed by atoms with E-state index in [0.717, 1.165) is 19.3 Å². The summed E-state index contributed by atoms with van der Waals surface area (Å²) >= 11 is 1.55. The molecule has 6 rings (SSSR count). The van der Waals surface area contributed by atoms with Crippen LogP contribution in [0, 0.1) is 19.9 Å². The Hall–Kier alpha value is -2.44. The van der Waals surface area contributed by atoms with E-state index in [-0.39, 0.29) is 35.6 Å². The average molecular weight is 727 g/mol. The number of hydrogen-bond acceptors (Lipinski definition) is 0. The zero-order valence-electron chi connectivity index (χ0n) is 28.8. The molecule has 1 aliphatic rings. The molecule has 0 radical (unpaired) electrons. The van der Waals surface area contributed by atoms with Gasteiger partial charge in [-0.3, -0.25) is 6.08 Å². The molecule has 0 N–H and O–H groups in total. The quantitative estimate of drug-likeness (QED) is 0.217. The summed E-state index contributed by atoms with van der Waals surface area (Å²) in [6.07, 6.45) is 12.2. The Bertz CT molecular complexity index is 1630. The van der Waals surface area contributed by atoms with Crippen LogP contribution in [0.15, 0.2) is 109 Å². The average Bonchev–Trinajstić information content (AvgIpc) is 3.64. The summed E-state index contributed by atoms with van der Waals surface area (Å²) in [6.45, 7) is 18.3. The number of fused-ring (bicyclic) bond motifs is 3. The van der Waals surface area contributed by atoms with Crippen LogP contribution < -0.4 is 24.8 Å². The van der Waals surface area contributed by atoms with Gasteiger partial charge in [0.2, 0.25) is 0 Å². The van der Waals surface area contributed by atoms with E-state index in [1.165, 1.54) is 54.9 Å². The first-order valence-corrected chi connectivity index (χ1v) is 17.1. The summed E-state index contributed by atoms with van der Waals surface area (Å²) < 4.78 is 1.60. The van der Waals surface area contributed by atoms with Gasteiger partial charge in [-0.25, -0.2) is 12.2 Å². The molecule has 0 saturated heterocycles. The van der Waals surface area contributed by atoms with E-state index in [2.05, 4.69) is 159 Å². The Morgan fingerprint density at radius 3 is 1.39 bits per heavy atom. The van der Waals surface area contributed by atoms with Crippen LogP contribution >= 0.6 is 0 Å². The molecule has 0 aliphatic heterocycles. The first-order chi connectivity index (χ1) is 20.8. The molecule has 0 fully saturated rings. The molecule has 0 bridgehead atoms. The number of benzene rings is 4. The second kappa shape index (κ2) is 17.6. The van der Waals surface area contributed by atoms with Crippen LogP contribution in [0.1, 0.15) is 81.3 Å². The van der Waals surface area contributed by atoms with Crippen molar-refractivity contribution < 1.29 is 49.0 Å². The van der Waals surface area contributed by atoms with E-state index in [0.29, 0.717) is 0 Å². The van der Waals surface area contributed by atoms with Crippen LogP contribution in [0.5, 0.6) is 0 Å². The van der Waals surface area contributed by atoms with Crippen LogP contribution in [0.4, 0.5) is 0 Å². The van der Waals surface area contributed by atoms with Crippen molar-refractivity contribution in [1.82, 2.24) is 0 Å². The van der Waals surface area contributed by atoms with Gasteiger partial charge in [0.1, 0.15) is 0 Å². The second-order valence-corrected chi connectivity index (χ2v) is 15.8. The Kier molecular flexibility index (Phi) is 15.2. The fraction of sp³-hybridized carbons (Fsp3) is 0.302. The fourth-order valence-electron chi connectivity index (χ4n) is 6.04. The minimum atomic E-state index is 0. The standard InChI is InChI=1S/C23H29.C15H14.C5H5.2ClH.Zr/c1-14-9-16-11-17-10-15(2)21(23(6,7)8)13-19(17)18(16)12-20(14)22(3,4)5;1-3-8-14(9-4-1)12-7-13-15-10-5-2-6-11-15;1-2-4-5-3-1;;;/h9-13H,1-8H3;1-6,8-11H,12-13H2;1-3H,4H2;2*1H;/q-1;;-1;;;+2/p-2. The summed E-state index contributed by atoms with van der Waals surface area (Å²) in [5, 5.41) is 5.55. The van der Waals surface area contributed by atoms with E-state index < -0.39 is 0 Å². The number of rotatable bonds is 4. The molecule has 0 aromatic heterocycles. The summed E-state index contributed by atoms with van der Waals surface area (Å²) in [5.74, 6) is 0. The van der Waals surface area contributed by atoms with E-state index in [4.69, 9.17) is 0 Å². The monoisotopic (exact) mass is 724 g/mol. The van der Waals surface area contributed by atoms with E-state index in [1.807, 2.05) is 12.2 Å². The normalized spacial score (nSPS) is 12.0. The maximum atomic E-state index is 2.99. The van der Waals surface area contributed by atoms with Gasteiger partial charge in [-0.1, -0.05) is 75.9 Å². The third kappa shape index (κ3) is 11.1. The third-order valence-electron chi connectivity index (χ3n) is 8.12. The molecule has 0 heterocycles. The van der Waals surface area contributed by atoms with Gasteiger partial charge >= 0.3 is 112 Å². The van der Waals surface area contributed by atoms with Crippen LogP contribution in [0.25, 0.3) is 21.5 Å². The molecule has 240 valence electrons. The zero-order valence-corrected chi connectivity index (χ0v) is 32.7. The summed E-state index contributed by atoms with van der Waals surface area (Å²) in [7, 11) is 0. The van der Waals surface area contributed by atoms with Gasteiger partial charge in [0.05, 0.1) is 0 Å². The number of halogens is 2. The molecular formula is C43H48Cl2Zr-2. The first kappa shape index (κ1) is 39.7. The van der Waals surface area contributed by atoms with Crippen molar-refractivity contribution in [2.45, 2.75) is 85.5 Å². The van der Waals surface area contributed by atoms with Crippen molar-refractivity contribution in [3.63, 3.8) is 0 Å². The maximum absolute atomic E-state index is 2.99. The number of hydrogen-bond donors (Lipinski definition) is 0. The van der Waals surface area contributed by atoms with Crippen molar-refractivity contribution in [2.75, 3.05) is 0 Å². The van der Waals surface area contributed by atoms with Crippen molar-refractivity contribution in [3.8, 4) is 0 Å². The molecule has 0 nitrogen and oxygen atoms in total. The van der Waals surface area contributed by atoms with Crippen molar-refractivity contribution >= 4 is 24.8 Å². The molecule has 5 aromatic carbocycles. The Balaban J connectivity index is 0.000000278. The summed E-state index contributed by atoms with van der Waals surface area (Å²) in [5.41, 5.74) is 8.90. The second-order valence-electron chi connectivity index (χ2n) is 14.1. The molecule has 0 amide bonds. The minimum absolute atomic E-state index is 0. The predicted octanol–water partition coefficient (Wildman–Crippen LogP) is 5.43. The van der Waals surface area contributed by atoms with Gasteiger partial charge < -0.3 is 24.8 Å². The Morgan fingerprint density at radius 2 is 1.09 bits per heavy atom. The molecule has 1 aliphatic carbocycles. The number of allylic oxidation sites excluding steroid dienone is 4. The van der Waals surface area contributed by atoms with E-state index >= 15 is 0 Å². The van der Waals surface area contributed by atoms with Gasteiger partial charge in [0, 0.05) is 0 Å². The molecular weight excluding hydrogens is 679 g/mol. The van der Waals surface area contributed by atoms with Gasteiger partial charge in [-0.05, 0) is 24.7 Å². The molecule has 0 saturated carbocycles. The molecule has 0 unspecified atom stereocenters. The van der Waals surface area contributed by atoms with E-state index in [9.17, 15) is 0 Å². The first-order valence-electron chi connectivity index (χ1n) is 15.8. The van der Waals surface area contributed by atoms with Gasteiger partial charge in [0.15, 0.2) is 0 Å². The third-order valence-corrected chi connectivity index (χ3v) is 8.99. The number of aryl methyl sites for hydroxylation is 2. The molecule has 3 heteroatoms. The fourth-order valence-corrected chi connectivity index (χ4v) is 7.04. The van der Waals surface area contributed by atoms with Crippen LogP contribution in [-0.2, 0) is 47.9 Å². The van der Waals surface area contributed by atoms with Crippen LogP contribution in [0.2, 0.25) is 0 Å². The molecule has 46 heavy (non-hydrogen) atoms. The zero-order chi connectivity index (χ0) is 31.9. The summed E-state index contributed by atoms with van der Waals surface area (Å²) in [6, 6.07) is 33.3. The van der Waals surface area contributed by atoms with Crippen molar-refractivity contribution in [3.05, 3.63) is 149 Å². The van der Waals surface area contributed by atoms with Crippen LogP contribution in [-0.4, -0.2) is 3.21 Å². The summed E-state index contributed by atoms with van der Waals surface area (Å²) in [4.78, 5) is 0. The van der Waals surface area contributed by atoms with Crippen LogP contribution in [0.3, 0.4) is 0 Å². The molecule has 0 atom stereocenters. The van der Waals surface area contributed by atoms with Gasteiger partial charge in [-0.15, -0.1) is 46.2 Å². The Morgan fingerprint density at radius 1 is 0.674 bits per heavy atom. The SMILES string of the molecule is Cc1cc2[cH-]c3cc(C)c(C(C)(C)C)cc3c2cc1C(C)(C)C.[C-]1=CC=CC1.[Cl-].[Cl-].[Zr+2]=[C](Cc1ccccc1)Cc1ccccc1. The molecule has 0 spiro atoms. The van der Waals surface area contributed by atoms with Crippen molar-refractivity contribution in [2.24, 2.45) is 0 Å². The van der Waals surface area contributed by atoms with E-state index in [1.54, 1.807) is 27.4 Å². The van der Waals surface area contributed by atoms with Gasteiger partial charge in [-0.2, -0.15) is 6.08 Å².